The number of hydrogen-bond acceptors (Lipinski definition) is 7. The Balaban J connectivity index is 1.79. The van der Waals surface area contributed by atoms with Gasteiger partial charge in [-0.2, -0.15) is 10.2 Å². The molecule has 2 atom stereocenters. The lowest BCUT2D eigenvalue weighted by Gasteiger charge is -2.35. The minimum atomic E-state index is -0.528. The molecule has 1 aliphatic carbocycles. The highest BCUT2D eigenvalue weighted by atomic mass is 19.1. The smallest absolute Gasteiger partial charge is 0.335 e. The van der Waals surface area contributed by atoms with Crippen molar-refractivity contribution in [3.63, 3.8) is 0 Å². The van der Waals surface area contributed by atoms with Crippen molar-refractivity contribution in [2.45, 2.75) is 79.6 Å². The van der Waals surface area contributed by atoms with Crippen molar-refractivity contribution in [3.05, 3.63) is 94.8 Å². The number of ether oxygens (including phenoxy) is 2. The summed E-state index contributed by atoms with van der Waals surface area (Å²) in [6.07, 6.45) is 11.2. The Morgan fingerprint density at radius 2 is 1.80 bits per heavy atom. The van der Waals surface area contributed by atoms with Gasteiger partial charge in [0.1, 0.15) is 12.4 Å². The normalized spacial score (nSPS) is 17.5. The van der Waals surface area contributed by atoms with E-state index in [0.29, 0.717) is 17.8 Å². The Morgan fingerprint density at radius 3 is 2.48 bits per heavy atom. The lowest BCUT2D eigenvalue weighted by Crippen LogP contribution is -2.24. The zero-order valence-electron chi connectivity index (χ0n) is 26.4. The van der Waals surface area contributed by atoms with Gasteiger partial charge in [0.05, 0.1) is 24.1 Å². The van der Waals surface area contributed by atoms with Gasteiger partial charge in [-0.25, -0.2) is 9.18 Å². The summed E-state index contributed by atoms with van der Waals surface area (Å²) >= 11 is 0. The number of allylic oxidation sites excluding steroid dienone is 5. The molecule has 0 unspecified atom stereocenters. The number of fused-ring (bicyclic) bond motifs is 1. The van der Waals surface area contributed by atoms with Crippen molar-refractivity contribution >= 4 is 29.1 Å². The summed E-state index contributed by atoms with van der Waals surface area (Å²) in [6, 6.07) is 7.38. The molecule has 0 spiro atoms. The van der Waals surface area contributed by atoms with E-state index >= 15 is 0 Å². The number of hydrogen-bond donors (Lipinski definition) is 1. The predicted molar refractivity (Wildman–Crippen MR) is 169 cm³/mol. The highest BCUT2D eigenvalue weighted by molar-refractivity contribution is 5.92. The average Bonchev–Trinajstić information content (AvgIpc) is 3.05. The molecule has 44 heavy (non-hydrogen) atoms. The fraction of sp³-hybridized carbons (Fsp3) is 0.400. The fourth-order valence-electron chi connectivity index (χ4n) is 5.02. The Hall–Kier alpha value is -4.40. The van der Waals surface area contributed by atoms with Crippen molar-refractivity contribution in [3.8, 4) is 0 Å². The molecule has 0 bridgehead atoms. The van der Waals surface area contributed by atoms with Crippen LogP contribution in [0.3, 0.4) is 0 Å². The van der Waals surface area contributed by atoms with Crippen molar-refractivity contribution in [2.75, 3.05) is 11.9 Å². The molecule has 8 nitrogen and oxygen atoms in total. The van der Waals surface area contributed by atoms with Gasteiger partial charge in [0, 0.05) is 29.7 Å². The third kappa shape index (κ3) is 10.4. The predicted octanol–water partition coefficient (Wildman–Crippen LogP) is 7.53. The molecular formula is C35H42FN3O5. The largest absolute Gasteiger partial charge is 0.461 e. The van der Waals surface area contributed by atoms with Crippen LogP contribution >= 0.6 is 0 Å². The summed E-state index contributed by atoms with van der Waals surface area (Å²) in [5.41, 5.74) is 5.24. The van der Waals surface area contributed by atoms with Gasteiger partial charge in [0.25, 0.3) is 0 Å². The number of anilines is 1. The molecule has 3 rings (SSSR count). The number of nitrogens with one attached hydrogen (secondary N) is 1. The van der Waals surface area contributed by atoms with Gasteiger partial charge in [0.2, 0.25) is 5.91 Å². The number of benzene rings is 1. The van der Waals surface area contributed by atoms with Gasteiger partial charge in [-0.1, -0.05) is 30.2 Å². The van der Waals surface area contributed by atoms with Gasteiger partial charge in [-0.3, -0.25) is 9.59 Å². The van der Waals surface area contributed by atoms with E-state index in [9.17, 15) is 18.8 Å². The number of aryl methyl sites for hydroxylation is 1. The summed E-state index contributed by atoms with van der Waals surface area (Å²) in [7, 11) is 0. The van der Waals surface area contributed by atoms with Crippen LogP contribution in [0, 0.1) is 18.2 Å². The maximum Gasteiger partial charge on any atom is 0.335 e. The van der Waals surface area contributed by atoms with Crippen LogP contribution in [0.4, 0.5) is 10.1 Å². The molecule has 234 valence electrons. The van der Waals surface area contributed by atoms with Gasteiger partial charge >= 0.3 is 11.9 Å². The number of rotatable bonds is 12. The van der Waals surface area contributed by atoms with Crippen LogP contribution < -0.4 is 5.32 Å². The molecule has 0 saturated heterocycles. The first-order chi connectivity index (χ1) is 20.9. The molecule has 1 amide bonds. The Bertz CT molecular complexity index is 1470. The molecule has 0 aliphatic heterocycles. The maximum absolute atomic E-state index is 13.1. The van der Waals surface area contributed by atoms with Crippen LogP contribution in [0.1, 0.15) is 89.6 Å². The number of esters is 2. The van der Waals surface area contributed by atoms with Crippen molar-refractivity contribution in [1.82, 2.24) is 10.2 Å². The molecule has 1 aliphatic rings. The van der Waals surface area contributed by atoms with Crippen molar-refractivity contribution in [2.24, 2.45) is 5.41 Å². The van der Waals surface area contributed by atoms with Crippen LogP contribution in [0.2, 0.25) is 0 Å². The zero-order valence-corrected chi connectivity index (χ0v) is 26.4. The molecule has 0 saturated carbocycles. The molecule has 1 heterocycles. The molecule has 1 aromatic carbocycles. The minimum Gasteiger partial charge on any atom is -0.461 e. The topological polar surface area (TPSA) is 107 Å². The van der Waals surface area contributed by atoms with E-state index in [1.165, 1.54) is 42.2 Å². The Labute approximate surface area is 259 Å². The second-order valence-corrected chi connectivity index (χ2v) is 11.9. The van der Waals surface area contributed by atoms with Gasteiger partial charge in [-0.15, -0.1) is 0 Å². The quantitative estimate of drug-likeness (QED) is 0.116. The van der Waals surface area contributed by atoms with E-state index in [1.807, 2.05) is 39.0 Å². The number of aromatic nitrogens is 2. The van der Waals surface area contributed by atoms with Crippen LogP contribution in [-0.4, -0.2) is 34.7 Å². The minimum absolute atomic E-state index is 0.0286. The summed E-state index contributed by atoms with van der Waals surface area (Å²) in [5, 5.41) is 11.4. The highest BCUT2D eigenvalue weighted by Crippen LogP contribution is 2.48. The molecule has 9 heteroatoms. The Kier molecular flexibility index (Phi) is 12.3. The number of amides is 1. The third-order valence-electron chi connectivity index (χ3n) is 7.35. The van der Waals surface area contributed by atoms with E-state index < -0.39 is 17.8 Å². The van der Waals surface area contributed by atoms with Gasteiger partial charge in [-0.05, 0) is 101 Å². The molecular weight excluding hydrogens is 561 g/mol. The lowest BCUT2D eigenvalue weighted by atomic mass is 9.69. The monoisotopic (exact) mass is 603 g/mol. The van der Waals surface area contributed by atoms with E-state index in [0.717, 1.165) is 35.2 Å². The molecule has 1 N–H and O–H groups in total. The molecule has 2 aromatic rings. The van der Waals surface area contributed by atoms with Crippen LogP contribution in [0.25, 0.3) is 5.57 Å². The molecule has 0 radical (unpaired) electrons. The van der Waals surface area contributed by atoms with E-state index in [4.69, 9.17) is 9.47 Å². The SMILES string of the molecule is CC(C)=CCC[C@@]1(C)CC=C(COC(=O)CCC(=O)Nc2ccc(F)cc2)c2nnc(C)cc2[C@@H]1/C=C/OC(=O)C=C(C)C. The van der Waals surface area contributed by atoms with Crippen LogP contribution in [-0.2, 0) is 23.9 Å². The first-order valence-corrected chi connectivity index (χ1v) is 14.8. The number of carbonyl (C=O) groups excluding carboxylic acids is 3. The third-order valence-corrected chi connectivity index (χ3v) is 7.35. The molecule has 1 aromatic heterocycles. The van der Waals surface area contributed by atoms with E-state index in [2.05, 4.69) is 42.4 Å². The first-order valence-electron chi connectivity index (χ1n) is 14.8. The summed E-state index contributed by atoms with van der Waals surface area (Å²) < 4.78 is 24.1. The lowest BCUT2D eigenvalue weighted by molar-refractivity contribution is -0.143. The second-order valence-electron chi connectivity index (χ2n) is 11.9. The number of nitrogens with zero attached hydrogens (tertiary/aromatic N) is 2. The number of halogens is 1. The first kappa shape index (κ1) is 34.1. The summed E-state index contributed by atoms with van der Waals surface area (Å²) in [6.45, 7) is 11.8. The molecule has 0 fully saturated rings. The van der Waals surface area contributed by atoms with Crippen molar-refractivity contribution < 1.29 is 28.2 Å². The summed E-state index contributed by atoms with van der Waals surface area (Å²) in [5.74, 6) is -1.92. The van der Waals surface area contributed by atoms with E-state index in [1.54, 1.807) is 0 Å². The average molecular weight is 604 g/mol. The van der Waals surface area contributed by atoms with Crippen LogP contribution in [0.15, 0.2) is 72.0 Å². The number of carbonyl (C=O) groups is 3. The van der Waals surface area contributed by atoms with Crippen LogP contribution in [0.5, 0.6) is 0 Å². The fourth-order valence-corrected chi connectivity index (χ4v) is 5.02. The second kappa shape index (κ2) is 15.9. The van der Waals surface area contributed by atoms with Gasteiger partial charge in [0.15, 0.2) is 0 Å². The zero-order chi connectivity index (χ0) is 32.3. The maximum atomic E-state index is 13.1. The van der Waals surface area contributed by atoms with Crippen molar-refractivity contribution in [1.29, 1.82) is 0 Å². The Morgan fingerprint density at radius 1 is 1.07 bits per heavy atom. The highest BCUT2D eigenvalue weighted by Gasteiger charge is 2.37. The standard InChI is InChI=1S/C35H42FN3O5/c1-23(2)8-7-17-35(6)18-15-26(22-44-32(41)14-13-31(40)37-28-11-9-27(36)10-12-28)34-29(21-25(5)38-39-34)30(35)16-19-43-33(42)20-24(3)4/h8-12,15-16,19-21,30H,7,13-14,17-18,22H2,1-6H3,(H,37,40)/b19-16+/t30-,35-/m0/s1. The van der Waals surface area contributed by atoms with Gasteiger partial charge < -0.3 is 14.8 Å². The summed E-state index contributed by atoms with van der Waals surface area (Å²) in [4.78, 5) is 37.1. The van der Waals surface area contributed by atoms with E-state index in [-0.39, 0.29) is 36.7 Å².